The molecular weight excluding hydrogens is 168 g/mol. The molecule has 0 N–H and O–H groups in total. The molecule has 12 heavy (non-hydrogen) atoms. The van der Waals surface area contributed by atoms with Crippen LogP contribution in [-0.4, -0.2) is 0 Å². The van der Waals surface area contributed by atoms with E-state index in [1.807, 2.05) is 13.0 Å². The van der Waals surface area contributed by atoms with Crippen LogP contribution >= 0.6 is 11.3 Å². The van der Waals surface area contributed by atoms with Gasteiger partial charge in [0.25, 0.3) is 0 Å². The van der Waals surface area contributed by atoms with Crippen molar-refractivity contribution in [3.8, 4) is 12.1 Å². The third-order valence-corrected chi connectivity index (χ3v) is 2.84. The Balaban J connectivity index is 2.77. The summed E-state index contributed by atoms with van der Waals surface area (Å²) in [5.74, 6) is 0.252. The Morgan fingerprint density at radius 2 is 2.25 bits per heavy atom. The summed E-state index contributed by atoms with van der Waals surface area (Å²) in [5, 5.41) is 17.0. The molecule has 0 fully saturated rings. The molecule has 1 heterocycles. The normalized spacial score (nSPS) is 11.6. The van der Waals surface area contributed by atoms with Gasteiger partial charge in [-0.25, -0.2) is 0 Å². The molecule has 0 amide bonds. The van der Waals surface area contributed by atoms with E-state index in [0.717, 1.165) is 9.75 Å². The molecule has 1 atom stereocenters. The van der Waals surface area contributed by atoms with Crippen molar-refractivity contribution >= 4 is 11.3 Å². The minimum absolute atomic E-state index is 0.252. The van der Waals surface area contributed by atoms with E-state index in [1.165, 1.54) is 11.3 Å². The van der Waals surface area contributed by atoms with Crippen LogP contribution in [0.1, 0.15) is 29.0 Å². The fourth-order valence-corrected chi connectivity index (χ4v) is 1.77. The summed E-state index contributed by atoms with van der Waals surface area (Å²) in [6.07, 6.45) is 0.519. The summed E-state index contributed by atoms with van der Waals surface area (Å²) in [7, 11) is 0. The van der Waals surface area contributed by atoms with E-state index in [2.05, 4.69) is 12.1 Å². The summed E-state index contributed by atoms with van der Waals surface area (Å²) < 4.78 is 0. The number of nitrogens with zero attached hydrogens (tertiary/aromatic N) is 2. The van der Waals surface area contributed by atoms with Crippen molar-refractivity contribution in [3.05, 3.63) is 21.9 Å². The number of thiophene rings is 1. The highest BCUT2D eigenvalue weighted by Gasteiger charge is 2.07. The molecule has 1 aromatic rings. The van der Waals surface area contributed by atoms with Crippen LogP contribution in [0.4, 0.5) is 0 Å². The Morgan fingerprint density at radius 1 is 1.50 bits per heavy atom. The lowest BCUT2D eigenvalue weighted by Crippen LogP contribution is -1.85. The first-order valence-electron chi connectivity index (χ1n) is 3.64. The van der Waals surface area contributed by atoms with Crippen molar-refractivity contribution in [1.29, 1.82) is 10.5 Å². The first-order chi connectivity index (χ1) is 5.77. The third-order valence-electron chi connectivity index (χ3n) is 1.62. The van der Waals surface area contributed by atoms with Crippen molar-refractivity contribution in [3.63, 3.8) is 0 Å². The van der Waals surface area contributed by atoms with Crippen LogP contribution in [-0.2, 0) is 0 Å². The number of hydrogen-bond acceptors (Lipinski definition) is 3. The van der Waals surface area contributed by atoms with Gasteiger partial charge < -0.3 is 0 Å². The zero-order chi connectivity index (χ0) is 8.97. The largest absolute Gasteiger partial charge is 0.198 e. The molecule has 0 aliphatic heterocycles. The highest BCUT2D eigenvalue weighted by atomic mass is 32.1. The van der Waals surface area contributed by atoms with Gasteiger partial charge in [-0.05, 0) is 12.1 Å². The fourth-order valence-electron chi connectivity index (χ4n) is 0.915. The third kappa shape index (κ3) is 1.84. The van der Waals surface area contributed by atoms with E-state index in [4.69, 9.17) is 10.5 Å². The lowest BCUT2D eigenvalue weighted by atomic mass is 10.1. The van der Waals surface area contributed by atoms with Crippen LogP contribution in [0.5, 0.6) is 0 Å². The quantitative estimate of drug-likeness (QED) is 0.695. The molecule has 0 bridgehead atoms. The SMILES string of the molecule is CC(CC#N)c1ccc(C#N)s1. The zero-order valence-corrected chi connectivity index (χ0v) is 7.56. The molecule has 1 rings (SSSR count). The van der Waals surface area contributed by atoms with E-state index < -0.39 is 0 Å². The van der Waals surface area contributed by atoms with Gasteiger partial charge in [-0.1, -0.05) is 6.92 Å². The molecule has 1 aromatic heterocycles. The summed E-state index contributed by atoms with van der Waals surface area (Å²) in [6, 6.07) is 7.92. The second kappa shape index (κ2) is 3.90. The van der Waals surface area contributed by atoms with E-state index in [0.29, 0.717) is 6.42 Å². The Labute approximate surface area is 75.7 Å². The molecule has 3 heteroatoms. The van der Waals surface area contributed by atoms with Crippen LogP contribution < -0.4 is 0 Å². The van der Waals surface area contributed by atoms with Crippen LogP contribution in [0, 0.1) is 22.7 Å². The van der Waals surface area contributed by atoms with E-state index in [-0.39, 0.29) is 5.92 Å². The molecule has 0 radical (unpaired) electrons. The molecule has 0 aromatic carbocycles. The molecule has 0 spiro atoms. The van der Waals surface area contributed by atoms with E-state index in [1.54, 1.807) is 6.07 Å². The van der Waals surface area contributed by atoms with Gasteiger partial charge in [0.05, 0.1) is 6.07 Å². The Morgan fingerprint density at radius 3 is 2.75 bits per heavy atom. The molecule has 0 aliphatic carbocycles. The highest BCUT2D eigenvalue weighted by molar-refractivity contribution is 7.12. The predicted octanol–water partition coefficient (Wildman–Crippen LogP) is 2.64. The predicted molar refractivity (Wildman–Crippen MR) is 47.7 cm³/mol. The standard InChI is InChI=1S/C9H8N2S/c1-7(4-5-10)9-3-2-8(6-11)12-9/h2-3,7H,4H2,1H3. The van der Waals surface area contributed by atoms with Gasteiger partial charge in [0.1, 0.15) is 10.9 Å². The smallest absolute Gasteiger partial charge is 0.110 e. The fraction of sp³-hybridized carbons (Fsp3) is 0.333. The van der Waals surface area contributed by atoms with Gasteiger partial charge in [0.15, 0.2) is 0 Å². The maximum absolute atomic E-state index is 8.56. The molecule has 2 nitrogen and oxygen atoms in total. The zero-order valence-electron chi connectivity index (χ0n) is 6.74. The Kier molecular flexibility index (Phi) is 2.85. The van der Waals surface area contributed by atoms with Crippen molar-refractivity contribution in [1.82, 2.24) is 0 Å². The first kappa shape index (κ1) is 8.77. The van der Waals surface area contributed by atoms with Crippen molar-refractivity contribution < 1.29 is 0 Å². The average Bonchev–Trinajstić information content (AvgIpc) is 2.52. The lowest BCUT2D eigenvalue weighted by molar-refractivity contribution is 0.807. The van der Waals surface area contributed by atoms with E-state index in [9.17, 15) is 0 Å². The summed E-state index contributed by atoms with van der Waals surface area (Å²) >= 11 is 1.47. The summed E-state index contributed by atoms with van der Waals surface area (Å²) in [5.41, 5.74) is 0. The first-order valence-corrected chi connectivity index (χ1v) is 4.46. The molecule has 0 saturated carbocycles. The van der Waals surface area contributed by atoms with Gasteiger partial charge in [0, 0.05) is 17.2 Å². The lowest BCUT2D eigenvalue weighted by Gasteiger charge is -2.00. The monoisotopic (exact) mass is 176 g/mol. The maximum atomic E-state index is 8.56. The average molecular weight is 176 g/mol. The van der Waals surface area contributed by atoms with Crippen LogP contribution in [0.2, 0.25) is 0 Å². The van der Waals surface area contributed by atoms with Crippen LogP contribution in [0.3, 0.4) is 0 Å². The molecule has 0 saturated heterocycles. The second-order valence-corrected chi connectivity index (χ2v) is 3.69. The van der Waals surface area contributed by atoms with Gasteiger partial charge in [0.2, 0.25) is 0 Å². The number of hydrogen-bond donors (Lipinski definition) is 0. The Bertz CT molecular complexity index is 340. The minimum Gasteiger partial charge on any atom is -0.198 e. The van der Waals surface area contributed by atoms with Gasteiger partial charge in [-0.3, -0.25) is 0 Å². The number of rotatable bonds is 2. The topological polar surface area (TPSA) is 47.6 Å². The van der Waals surface area contributed by atoms with Crippen LogP contribution in [0.15, 0.2) is 12.1 Å². The number of nitriles is 2. The van der Waals surface area contributed by atoms with Crippen molar-refractivity contribution in [2.24, 2.45) is 0 Å². The highest BCUT2D eigenvalue weighted by Crippen LogP contribution is 2.25. The maximum Gasteiger partial charge on any atom is 0.110 e. The van der Waals surface area contributed by atoms with Gasteiger partial charge >= 0.3 is 0 Å². The second-order valence-electron chi connectivity index (χ2n) is 2.58. The Hall–Kier alpha value is -1.32. The summed E-state index contributed by atoms with van der Waals surface area (Å²) in [4.78, 5) is 1.84. The van der Waals surface area contributed by atoms with Crippen molar-refractivity contribution in [2.45, 2.75) is 19.3 Å². The van der Waals surface area contributed by atoms with Crippen LogP contribution in [0.25, 0.3) is 0 Å². The van der Waals surface area contributed by atoms with Crippen molar-refractivity contribution in [2.75, 3.05) is 0 Å². The molecular formula is C9H8N2S. The molecule has 1 unspecified atom stereocenters. The van der Waals surface area contributed by atoms with E-state index >= 15 is 0 Å². The molecule has 0 aliphatic rings. The van der Waals surface area contributed by atoms with Gasteiger partial charge in [-0.2, -0.15) is 10.5 Å². The summed E-state index contributed by atoms with van der Waals surface area (Å²) in [6.45, 7) is 2.00. The molecule has 60 valence electrons. The minimum atomic E-state index is 0.252. The van der Waals surface area contributed by atoms with Gasteiger partial charge in [-0.15, -0.1) is 11.3 Å².